The maximum atomic E-state index is 12.1. The van der Waals surface area contributed by atoms with E-state index >= 15 is 0 Å². The first-order valence-corrected chi connectivity index (χ1v) is 7.71. The minimum atomic E-state index is -0.904. The maximum absolute atomic E-state index is 12.1. The second-order valence-electron chi connectivity index (χ2n) is 5.24. The summed E-state index contributed by atoms with van der Waals surface area (Å²) >= 11 is 5.77. The van der Waals surface area contributed by atoms with Crippen LogP contribution < -0.4 is 5.32 Å². The van der Waals surface area contributed by atoms with Gasteiger partial charge in [0.2, 0.25) is 0 Å². The number of carbonyl (C=O) groups is 2. The van der Waals surface area contributed by atoms with Gasteiger partial charge in [0.15, 0.2) is 0 Å². The number of hydrogen-bond acceptors (Lipinski definition) is 5. The summed E-state index contributed by atoms with van der Waals surface area (Å²) in [6.07, 6.45) is 0. The Balaban J connectivity index is 1.91. The molecule has 0 fully saturated rings. The fourth-order valence-electron chi connectivity index (χ4n) is 1.96. The third kappa shape index (κ3) is 5.29. The molecule has 0 spiro atoms. The molecule has 0 saturated heterocycles. The Morgan fingerprint density at radius 3 is 2.56 bits per heavy atom. The van der Waals surface area contributed by atoms with Gasteiger partial charge in [0.25, 0.3) is 11.6 Å². The number of nitrogens with zero attached hydrogens (tertiary/aromatic N) is 1. The second-order valence-corrected chi connectivity index (χ2v) is 5.67. The quantitative estimate of drug-likeness (QED) is 0.483. The van der Waals surface area contributed by atoms with Gasteiger partial charge in [0.1, 0.15) is 12.6 Å². The standard InChI is InChI=1S/C17H15ClN2O5/c1-11(17(22)25-10-12-5-7-14(18)8-6-12)19-16(21)13-3-2-4-15(9-13)20(23)24/h2-9,11H,10H2,1H3,(H,19,21)/t11-/m0/s1. The Morgan fingerprint density at radius 1 is 1.24 bits per heavy atom. The number of non-ortho nitro benzene ring substituents is 1. The molecule has 1 N–H and O–H groups in total. The molecule has 2 rings (SSSR count). The molecule has 1 atom stereocenters. The zero-order chi connectivity index (χ0) is 18.4. The number of nitro benzene ring substituents is 1. The molecule has 0 bridgehead atoms. The summed E-state index contributed by atoms with van der Waals surface area (Å²) < 4.78 is 5.12. The lowest BCUT2D eigenvalue weighted by molar-refractivity contribution is -0.384. The number of benzene rings is 2. The number of halogens is 1. The number of rotatable bonds is 6. The molecule has 0 saturated carbocycles. The lowest BCUT2D eigenvalue weighted by Crippen LogP contribution is -2.39. The van der Waals surface area contributed by atoms with Crippen LogP contribution in [-0.2, 0) is 16.1 Å². The number of carbonyl (C=O) groups excluding carboxylic acids is 2. The molecule has 0 radical (unpaired) electrons. The molecular formula is C17H15ClN2O5. The zero-order valence-electron chi connectivity index (χ0n) is 13.3. The van der Waals surface area contributed by atoms with Gasteiger partial charge >= 0.3 is 5.97 Å². The molecule has 1 amide bonds. The average molecular weight is 363 g/mol. The minimum Gasteiger partial charge on any atom is -0.459 e. The lowest BCUT2D eigenvalue weighted by atomic mass is 10.2. The van der Waals surface area contributed by atoms with Gasteiger partial charge in [-0.25, -0.2) is 4.79 Å². The molecule has 0 heterocycles. The fourth-order valence-corrected chi connectivity index (χ4v) is 2.09. The molecule has 0 unspecified atom stereocenters. The van der Waals surface area contributed by atoms with E-state index in [-0.39, 0.29) is 17.9 Å². The van der Waals surface area contributed by atoms with Crippen molar-refractivity contribution in [2.45, 2.75) is 19.6 Å². The first-order valence-electron chi connectivity index (χ1n) is 7.33. The SMILES string of the molecule is C[C@H](NC(=O)c1cccc([N+](=O)[O-])c1)C(=O)OCc1ccc(Cl)cc1. The highest BCUT2D eigenvalue weighted by molar-refractivity contribution is 6.30. The van der Waals surface area contributed by atoms with Gasteiger partial charge in [-0.2, -0.15) is 0 Å². The highest BCUT2D eigenvalue weighted by Crippen LogP contribution is 2.13. The molecule has 0 aliphatic rings. The minimum absolute atomic E-state index is 0.0486. The van der Waals surface area contributed by atoms with E-state index in [0.717, 1.165) is 11.6 Å². The van der Waals surface area contributed by atoms with E-state index in [9.17, 15) is 19.7 Å². The molecule has 0 aliphatic carbocycles. The van der Waals surface area contributed by atoms with Crippen molar-refractivity contribution in [2.75, 3.05) is 0 Å². The smallest absolute Gasteiger partial charge is 0.328 e. The Hall–Kier alpha value is -2.93. The van der Waals surface area contributed by atoms with Gasteiger partial charge in [-0.15, -0.1) is 0 Å². The topological polar surface area (TPSA) is 98.5 Å². The number of ether oxygens (including phenoxy) is 1. The van der Waals surface area contributed by atoms with Gasteiger partial charge in [0, 0.05) is 22.7 Å². The second kappa shape index (κ2) is 8.25. The van der Waals surface area contributed by atoms with Crippen molar-refractivity contribution >= 4 is 29.2 Å². The molecular weight excluding hydrogens is 348 g/mol. The van der Waals surface area contributed by atoms with Crippen molar-refractivity contribution in [2.24, 2.45) is 0 Å². The van der Waals surface area contributed by atoms with Gasteiger partial charge in [-0.3, -0.25) is 14.9 Å². The molecule has 2 aromatic carbocycles. The summed E-state index contributed by atoms with van der Waals surface area (Å²) in [6.45, 7) is 1.52. The van der Waals surface area contributed by atoms with Crippen LogP contribution in [0.5, 0.6) is 0 Å². The summed E-state index contributed by atoms with van der Waals surface area (Å²) in [5, 5.41) is 13.8. The van der Waals surface area contributed by atoms with Crippen LogP contribution in [0, 0.1) is 10.1 Å². The average Bonchev–Trinajstić information content (AvgIpc) is 2.60. The fraction of sp³-hybridized carbons (Fsp3) is 0.176. The van der Waals surface area contributed by atoms with Gasteiger partial charge < -0.3 is 10.1 Å². The molecule has 8 heteroatoms. The molecule has 2 aromatic rings. The van der Waals surface area contributed by atoms with Crippen molar-refractivity contribution in [3.8, 4) is 0 Å². The zero-order valence-corrected chi connectivity index (χ0v) is 14.0. The normalized spacial score (nSPS) is 11.4. The molecule has 0 aliphatic heterocycles. The van der Waals surface area contributed by atoms with Crippen LogP contribution in [-0.4, -0.2) is 22.8 Å². The predicted octanol–water partition coefficient (Wildman–Crippen LogP) is 3.11. The number of amides is 1. The van der Waals surface area contributed by atoms with Crippen molar-refractivity contribution in [1.29, 1.82) is 0 Å². The van der Waals surface area contributed by atoms with Crippen LogP contribution in [0.3, 0.4) is 0 Å². The Bertz CT molecular complexity index is 792. The van der Waals surface area contributed by atoms with Crippen LogP contribution in [0.25, 0.3) is 0 Å². The van der Waals surface area contributed by atoms with E-state index in [0.29, 0.717) is 5.02 Å². The number of nitrogens with one attached hydrogen (secondary N) is 1. The van der Waals surface area contributed by atoms with Crippen LogP contribution in [0.15, 0.2) is 48.5 Å². The highest BCUT2D eigenvalue weighted by atomic mass is 35.5. The highest BCUT2D eigenvalue weighted by Gasteiger charge is 2.19. The van der Waals surface area contributed by atoms with E-state index in [2.05, 4.69) is 5.32 Å². The summed E-state index contributed by atoms with van der Waals surface area (Å²) in [4.78, 5) is 34.2. The first-order chi connectivity index (χ1) is 11.9. The Labute approximate surface area is 148 Å². The van der Waals surface area contributed by atoms with E-state index < -0.39 is 22.8 Å². The van der Waals surface area contributed by atoms with Crippen molar-refractivity contribution in [3.05, 3.63) is 74.8 Å². The third-order valence-corrected chi connectivity index (χ3v) is 3.57. The summed E-state index contributed by atoms with van der Waals surface area (Å²) in [5.41, 5.74) is 0.645. The van der Waals surface area contributed by atoms with Crippen molar-refractivity contribution in [3.63, 3.8) is 0 Å². The summed E-state index contributed by atoms with van der Waals surface area (Å²) in [6, 6.07) is 11.1. The largest absolute Gasteiger partial charge is 0.459 e. The monoisotopic (exact) mass is 362 g/mol. The third-order valence-electron chi connectivity index (χ3n) is 3.31. The van der Waals surface area contributed by atoms with Crippen LogP contribution in [0.4, 0.5) is 5.69 Å². The molecule has 7 nitrogen and oxygen atoms in total. The maximum Gasteiger partial charge on any atom is 0.328 e. The van der Waals surface area contributed by atoms with Gasteiger partial charge in [-0.1, -0.05) is 29.8 Å². The van der Waals surface area contributed by atoms with E-state index in [1.807, 2.05) is 0 Å². The van der Waals surface area contributed by atoms with Gasteiger partial charge in [-0.05, 0) is 30.7 Å². The first kappa shape index (κ1) is 18.4. The summed E-state index contributed by atoms with van der Waals surface area (Å²) in [7, 11) is 0. The lowest BCUT2D eigenvalue weighted by Gasteiger charge is -2.13. The molecule has 0 aromatic heterocycles. The molecule has 25 heavy (non-hydrogen) atoms. The van der Waals surface area contributed by atoms with Crippen LogP contribution >= 0.6 is 11.6 Å². The predicted molar refractivity (Wildman–Crippen MR) is 91.3 cm³/mol. The number of hydrogen-bond donors (Lipinski definition) is 1. The van der Waals surface area contributed by atoms with Crippen LogP contribution in [0.2, 0.25) is 5.02 Å². The van der Waals surface area contributed by atoms with Crippen molar-refractivity contribution in [1.82, 2.24) is 5.32 Å². The number of esters is 1. The van der Waals surface area contributed by atoms with Gasteiger partial charge in [0.05, 0.1) is 4.92 Å². The summed E-state index contributed by atoms with van der Waals surface area (Å²) in [5.74, 6) is -1.21. The number of nitro groups is 1. The van der Waals surface area contributed by atoms with Crippen molar-refractivity contribution < 1.29 is 19.2 Å². The van der Waals surface area contributed by atoms with Crippen LogP contribution in [0.1, 0.15) is 22.8 Å². The van der Waals surface area contributed by atoms with E-state index in [4.69, 9.17) is 16.3 Å². The Kier molecular flexibility index (Phi) is 6.08. The van der Waals surface area contributed by atoms with E-state index in [1.54, 1.807) is 24.3 Å². The molecule has 130 valence electrons. The van der Waals surface area contributed by atoms with E-state index in [1.165, 1.54) is 25.1 Å². The Morgan fingerprint density at radius 2 is 1.92 bits per heavy atom.